The van der Waals surface area contributed by atoms with Crippen LogP contribution in [0.3, 0.4) is 0 Å². The van der Waals surface area contributed by atoms with Crippen molar-refractivity contribution in [1.82, 2.24) is 4.90 Å². The van der Waals surface area contributed by atoms with Gasteiger partial charge in [-0.15, -0.1) is 0 Å². The number of hydrogen-bond acceptors (Lipinski definition) is 3. The summed E-state index contributed by atoms with van der Waals surface area (Å²) in [6.45, 7) is 1.51. The molecule has 1 amide bonds. The molecule has 5 heteroatoms. The van der Waals surface area contributed by atoms with E-state index < -0.39 is 0 Å². The van der Waals surface area contributed by atoms with E-state index in [1.54, 1.807) is 0 Å². The Labute approximate surface area is 107 Å². The first-order valence-corrected chi connectivity index (χ1v) is 6.95. The fourth-order valence-corrected chi connectivity index (χ4v) is 3.65. The second kappa shape index (κ2) is 4.44. The lowest BCUT2D eigenvalue weighted by Crippen LogP contribution is -2.44. The summed E-state index contributed by atoms with van der Waals surface area (Å²) in [6, 6.07) is 0. The zero-order valence-electron chi connectivity index (χ0n) is 10.6. The molecule has 2 atom stereocenters. The zero-order valence-corrected chi connectivity index (χ0v) is 10.6. The van der Waals surface area contributed by atoms with E-state index >= 15 is 0 Å². The first kappa shape index (κ1) is 11.8. The molecule has 1 saturated heterocycles. The summed E-state index contributed by atoms with van der Waals surface area (Å²) in [5.41, 5.74) is 5.61. The third-order valence-electron chi connectivity index (χ3n) is 4.93. The van der Waals surface area contributed by atoms with Gasteiger partial charge in [-0.2, -0.15) is 0 Å². The first-order chi connectivity index (χ1) is 8.69. The van der Waals surface area contributed by atoms with Gasteiger partial charge < -0.3 is 15.8 Å². The van der Waals surface area contributed by atoms with E-state index in [0.717, 1.165) is 50.6 Å². The Morgan fingerprint density at radius 2 is 1.72 bits per heavy atom. The third-order valence-corrected chi connectivity index (χ3v) is 4.93. The number of rotatable bonds is 2. The molecule has 0 aromatic carbocycles. The van der Waals surface area contributed by atoms with E-state index in [1.165, 1.54) is 6.42 Å². The molecular formula is C13H21N3O2. The highest BCUT2D eigenvalue weighted by atomic mass is 16.4. The van der Waals surface area contributed by atoms with Gasteiger partial charge in [0.25, 0.3) is 0 Å². The first-order valence-electron chi connectivity index (χ1n) is 6.95. The molecule has 0 bridgehead atoms. The topological polar surface area (TPSA) is 78.9 Å². The van der Waals surface area contributed by atoms with Gasteiger partial charge in [0.2, 0.25) is 5.91 Å². The van der Waals surface area contributed by atoms with Crippen molar-refractivity contribution in [2.45, 2.75) is 32.1 Å². The predicted octanol–water partition coefficient (Wildman–Crippen LogP) is 1.02. The highest BCUT2D eigenvalue weighted by molar-refractivity contribution is 5.83. The summed E-state index contributed by atoms with van der Waals surface area (Å²) in [7, 11) is 0. The van der Waals surface area contributed by atoms with Crippen LogP contribution >= 0.6 is 0 Å². The van der Waals surface area contributed by atoms with Crippen LogP contribution in [0.5, 0.6) is 0 Å². The van der Waals surface area contributed by atoms with Crippen LogP contribution in [-0.2, 0) is 4.79 Å². The normalized spacial score (nSPS) is 36.6. The minimum atomic E-state index is 0.135. The molecule has 0 radical (unpaired) electrons. The summed E-state index contributed by atoms with van der Waals surface area (Å²) >= 11 is 0. The van der Waals surface area contributed by atoms with Crippen LogP contribution < -0.4 is 5.73 Å². The van der Waals surface area contributed by atoms with E-state index in [1.807, 2.05) is 4.90 Å². The summed E-state index contributed by atoms with van der Waals surface area (Å²) in [4.78, 5) is 14.3. The second-order valence-corrected chi connectivity index (χ2v) is 6.05. The van der Waals surface area contributed by atoms with Crippen molar-refractivity contribution in [2.75, 3.05) is 13.1 Å². The van der Waals surface area contributed by atoms with Crippen molar-refractivity contribution in [3.8, 4) is 0 Å². The average Bonchev–Trinajstić information content (AvgIpc) is 3.03. The molecule has 0 aromatic rings. The van der Waals surface area contributed by atoms with Crippen molar-refractivity contribution in [3.63, 3.8) is 0 Å². The van der Waals surface area contributed by atoms with Crippen LogP contribution in [0.15, 0.2) is 5.16 Å². The zero-order chi connectivity index (χ0) is 12.7. The van der Waals surface area contributed by atoms with Crippen LogP contribution in [0.25, 0.3) is 0 Å². The number of hydrogen-bond donors (Lipinski definition) is 2. The van der Waals surface area contributed by atoms with Crippen LogP contribution in [-0.4, -0.2) is 34.9 Å². The summed E-state index contributed by atoms with van der Waals surface area (Å²) in [5.74, 6) is 2.79. The molecule has 2 saturated carbocycles. The number of carbonyl (C=O) groups is 1. The fraction of sp³-hybridized carbons (Fsp3) is 0.846. The lowest BCUT2D eigenvalue weighted by atomic mass is 9.94. The molecule has 2 aliphatic carbocycles. The minimum absolute atomic E-state index is 0.135. The average molecular weight is 251 g/mol. The van der Waals surface area contributed by atoms with Gasteiger partial charge in [0.1, 0.15) is 5.84 Å². The van der Waals surface area contributed by atoms with E-state index in [4.69, 9.17) is 10.9 Å². The van der Waals surface area contributed by atoms with Gasteiger partial charge >= 0.3 is 0 Å². The molecule has 1 heterocycles. The van der Waals surface area contributed by atoms with E-state index in [0.29, 0.717) is 11.7 Å². The molecular weight excluding hydrogens is 230 g/mol. The number of oxime groups is 1. The van der Waals surface area contributed by atoms with E-state index in [2.05, 4.69) is 5.16 Å². The quantitative estimate of drug-likeness (QED) is 0.333. The molecule has 5 nitrogen and oxygen atoms in total. The third kappa shape index (κ3) is 2.06. The van der Waals surface area contributed by atoms with Gasteiger partial charge in [0.05, 0.1) is 0 Å². The fourth-order valence-electron chi connectivity index (χ4n) is 3.65. The van der Waals surface area contributed by atoms with E-state index in [-0.39, 0.29) is 11.8 Å². The van der Waals surface area contributed by atoms with Gasteiger partial charge in [-0.05, 0) is 43.9 Å². The van der Waals surface area contributed by atoms with E-state index in [9.17, 15) is 4.79 Å². The second-order valence-electron chi connectivity index (χ2n) is 6.05. The highest BCUT2D eigenvalue weighted by Crippen LogP contribution is 2.54. The van der Waals surface area contributed by atoms with Crippen LogP contribution in [0, 0.1) is 23.7 Å². The lowest BCUT2D eigenvalue weighted by molar-refractivity contribution is -0.136. The largest absolute Gasteiger partial charge is 0.409 e. The van der Waals surface area contributed by atoms with Crippen molar-refractivity contribution in [1.29, 1.82) is 0 Å². The SMILES string of the molecule is NC(=NO)C1CCN(C(=O)C2CC3CC3C2)CC1. The Kier molecular flexibility index (Phi) is 2.92. The van der Waals surface area contributed by atoms with Gasteiger partial charge in [0, 0.05) is 24.9 Å². The Balaban J connectivity index is 1.51. The molecule has 100 valence electrons. The van der Waals surface area contributed by atoms with Gasteiger partial charge in [0.15, 0.2) is 0 Å². The molecule has 3 fully saturated rings. The highest BCUT2D eigenvalue weighted by Gasteiger charge is 2.48. The molecule has 3 N–H and O–H groups in total. The standard InChI is InChI=1S/C13H21N3O2/c14-12(15-18)8-1-3-16(4-2-8)13(17)11-6-9-5-10(9)7-11/h8-11,18H,1-7H2,(H2,14,15). The van der Waals surface area contributed by atoms with Crippen molar-refractivity contribution < 1.29 is 10.0 Å². The smallest absolute Gasteiger partial charge is 0.225 e. The van der Waals surface area contributed by atoms with Gasteiger partial charge in [-0.3, -0.25) is 4.79 Å². The number of fused-ring (bicyclic) bond motifs is 1. The van der Waals surface area contributed by atoms with Crippen LogP contribution in [0.1, 0.15) is 32.1 Å². The maximum atomic E-state index is 12.3. The monoisotopic (exact) mass is 251 g/mol. The Bertz CT molecular complexity index is 364. The summed E-state index contributed by atoms with van der Waals surface area (Å²) in [5, 5.41) is 11.7. The lowest BCUT2D eigenvalue weighted by Gasteiger charge is -2.33. The molecule has 3 aliphatic rings. The number of nitrogens with zero attached hydrogens (tertiary/aromatic N) is 2. The van der Waals surface area contributed by atoms with Crippen molar-refractivity contribution in [3.05, 3.63) is 0 Å². The van der Waals surface area contributed by atoms with Gasteiger partial charge in [-0.25, -0.2) is 0 Å². The molecule has 18 heavy (non-hydrogen) atoms. The molecule has 0 aromatic heterocycles. The summed E-state index contributed by atoms with van der Waals surface area (Å²) < 4.78 is 0. The van der Waals surface area contributed by atoms with Crippen molar-refractivity contribution in [2.24, 2.45) is 34.6 Å². The Morgan fingerprint density at radius 3 is 2.28 bits per heavy atom. The Hall–Kier alpha value is -1.26. The molecule has 2 unspecified atom stereocenters. The summed E-state index contributed by atoms with van der Waals surface area (Å²) in [6.07, 6.45) is 5.23. The van der Waals surface area contributed by atoms with Crippen LogP contribution in [0.2, 0.25) is 0 Å². The number of amides is 1. The Morgan fingerprint density at radius 1 is 1.11 bits per heavy atom. The molecule has 3 rings (SSSR count). The predicted molar refractivity (Wildman–Crippen MR) is 67.0 cm³/mol. The maximum absolute atomic E-state index is 12.3. The number of carbonyl (C=O) groups excluding carboxylic acids is 1. The maximum Gasteiger partial charge on any atom is 0.225 e. The molecule has 0 spiro atoms. The number of piperidine rings is 1. The number of amidine groups is 1. The number of likely N-dealkylation sites (tertiary alicyclic amines) is 1. The van der Waals surface area contributed by atoms with Crippen molar-refractivity contribution >= 4 is 11.7 Å². The van der Waals surface area contributed by atoms with Crippen LogP contribution in [0.4, 0.5) is 0 Å². The molecule has 1 aliphatic heterocycles. The number of nitrogens with two attached hydrogens (primary N) is 1. The minimum Gasteiger partial charge on any atom is -0.409 e. The van der Waals surface area contributed by atoms with Gasteiger partial charge in [-0.1, -0.05) is 5.16 Å².